The van der Waals surface area contributed by atoms with Gasteiger partial charge in [0.15, 0.2) is 11.6 Å². The van der Waals surface area contributed by atoms with E-state index < -0.39 is 11.6 Å². The van der Waals surface area contributed by atoms with Gasteiger partial charge in [-0.05, 0) is 49.2 Å². The molecule has 0 aliphatic carbocycles. The Hall–Kier alpha value is -2.34. The smallest absolute Gasteiger partial charge is 0.217 e. The maximum Gasteiger partial charge on any atom is 0.217 e. The van der Waals surface area contributed by atoms with Crippen LogP contribution in [0, 0.1) is 11.6 Å². The standard InChI is InChI=1S/C19H21F2N3O/c1-13(25)22-11-15-4-2-5-18(23-15)19-6-3-9-24(19)12-14-7-8-16(20)17(21)10-14/h2,4-5,7-8,10,19H,3,6,9,11-12H2,1H3,(H,22,25). The molecular formula is C19H21F2N3O. The number of amides is 1. The number of carbonyl (C=O) groups is 1. The molecule has 1 amide bonds. The Morgan fingerprint density at radius 1 is 1.28 bits per heavy atom. The molecule has 3 rings (SSSR count). The molecule has 25 heavy (non-hydrogen) atoms. The molecule has 1 unspecified atom stereocenters. The van der Waals surface area contributed by atoms with E-state index in [0.29, 0.717) is 13.1 Å². The van der Waals surface area contributed by atoms with Crippen molar-refractivity contribution in [3.63, 3.8) is 0 Å². The van der Waals surface area contributed by atoms with Crippen molar-refractivity contribution in [2.45, 2.75) is 38.9 Å². The number of likely N-dealkylation sites (tertiary alicyclic amines) is 1. The SMILES string of the molecule is CC(=O)NCc1cccc(C2CCCN2Cc2ccc(F)c(F)c2)n1. The molecule has 2 heterocycles. The average molecular weight is 345 g/mol. The molecule has 1 saturated heterocycles. The Balaban J connectivity index is 1.73. The van der Waals surface area contributed by atoms with Crippen LogP contribution in [0.15, 0.2) is 36.4 Å². The van der Waals surface area contributed by atoms with Crippen LogP contribution in [0.2, 0.25) is 0 Å². The zero-order valence-corrected chi connectivity index (χ0v) is 14.1. The Labute approximate surface area is 145 Å². The van der Waals surface area contributed by atoms with Crippen LogP contribution in [0.25, 0.3) is 0 Å². The van der Waals surface area contributed by atoms with E-state index in [-0.39, 0.29) is 11.9 Å². The number of aromatic nitrogens is 1. The van der Waals surface area contributed by atoms with Crippen molar-refractivity contribution in [3.05, 3.63) is 65.0 Å². The summed E-state index contributed by atoms with van der Waals surface area (Å²) in [5.41, 5.74) is 2.51. The Morgan fingerprint density at radius 3 is 2.88 bits per heavy atom. The van der Waals surface area contributed by atoms with Gasteiger partial charge in [-0.15, -0.1) is 0 Å². The van der Waals surface area contributed by atoms with Crippen LogP contribution in [-0.4, -0.2) is 22.3 Å². The summed E-state index contributed by atoms with van der Waals surface area (Å²) in [6, 6.07) is 9.99. The molecule has 0 bridgehead atoms. The average Bonchev–Trinajstić information content (AvgIpc) is 3.05. The topological polar surface area (TPSA) is 45.2 Å². The first-order valence-corrected chi connectivity index (χ1v) is 8.41. The molecule has 1 aromatic heterocycles. The van der Waals surface area contributed by atoms with Crippen molar-refractivity contribution in [1.29, 1.82) is 0 Å². The van der Waals surface area contributed by atoms with E-state index >= 15 is 0 Å². The summed E-state index contributed by atoms with van der Waals surface area (Å²) in [7, 11) is 0. The van der Waals surface area contributed by atoms with Crippen molar-refractivity contribution < 1.29 is 13.6 Å². The first kappa shape index (κ1) is 17.5. The van der Waals surface area contributed by atoms with Gasteiger partial charge in [0.05, 0.1) is 24.0 Å². The third kappa shape index (κ3) is 4.39. The van der Waals surface area contributed by atoms with Crippen LogP contribution in [0.5, 0.6) is 0 Å². The fourth-order valence-corrected chi connectivity index (χ4v) is 3.22. The first-order valence-electron chi connectivity index (χ1n) is 8.41. The fraction of sp³-hybridized carbons (Fsp3) is 0.368. The molecule has 6 heteroatoms. The highest BCUT2D eigenvalue weighted by Crippen LogP contribution is 2.32. The van der Waals surface area contributed by atoms with Crippen LogP contribution in [0.1, 0.15) is 42.8 Å². The van der Waals surface area contributed by atoms with Gasteiger partial charge >= 0.3 is 0 Å². The molecule has 0 spiro atoms. The molecule has 1 N–H and O–H groups in total. The van der Waals surface area contributed by atoms with Gasteiger partial charge < -0.3 is 5.32 Å². The second-order valence-corrected chi connectivity index (χ2v) is 6.34. The minimum Gasteiger partial charge on any atom is -0.351 e. The summed E-state index contributed by atoms with van der Waals surface area (Å²) in [4.78, 5) is 18.0. The number of rotatable bonds is 5. The van der Waals surface area contributed by atoms with Crippen molar-refractivity contribution in [3.8, 4) is 0 Å². The fourth-order valence-electron chi connectivity index (χ4n) is 3.22. The molecule has 0 saturated carbocycles. The van der Waals surface area contributed by atoms with Crippen molar-refractivity contribution >= 4 is 5.91 Å². The summed E-state index contributed by atoms with van der Waals surface area (Å²) >= 11 is 0. The molecule has 1 aliphatic rings. The number of benzene rings is 1. The van der Waals surface area contributed by atoms with Crippen LogP contribution in [0.4, 0.5) is 8.78 Å². The number of pyridine rings is 1. The van der Waals surface area contributed by atoms with E-state index in [1.807, 2.05) is 18.2 Å². The predicted octanol–water partition coefficient (Wildman–Crippen LogP) is 3.33. The quantitative estimate of drug-likeness (QED) is 0.904. The Kier molecular flexibility index (Phi) is 5.38. The summed E-state index contributed by atoms with van der Waals surface area (Å²) in [6.07, 6.45) is 2.01. The number of hydrogen-bond acceptors (Lipinski definition) is 3. The number of nitrogens with zero attached hydrogens (tertiary/aromatic N) is 2. The van der Waals surface area contributed by atoms with Crippen molar-refractivity contribution in [2.75, 3.05) is 6.54 Å². The number of carbonyl (C=O) groups excluding carboxylic acids is 1. The maximum absolute atomic E-state index is 13.4. The molecule has 0 radical (unpaired) electrons. The lowest BCUT2D eigenvalue weighted by molar-refractivity contribution is -0.119. The molecule has 1 aromatic carbocycles. The van der Waals surface area contributed by atoms with Gasteiger partial charge in [-0.3, -0.25) is 14.7 Å². The first-order chi connectivity index (χ1) is 12.0. The van der Waals surface area contributed by atoms with Crippen LogP contribution >= 0.6 is 0 Å². The predicted molar refractivity (Wildman–Crippen MR) is 90.5 cm³/mol. The minimum atomic E-state index is -0.825. The molecule has 4 nitrogen and oxygen atoms in total. The van der Waals surface area contributed by atoms with Gasteiger partial charge in [0.2, 0.25) is 5.91 Å². The highest BCUT2D eigenvalue weighted by Gasteiger charge is 2.27. The number of halogens is 2. The van der Waals surface area contributed by atoms with Gasteiger partial charge in [-0.25, -0.2) is 8.78 Å². The van der Waals surface area contributed by atoms with Gasteiger partial charge in [-0.2, -0.15) is 0 Å². The molecule has 132 valence electrons. The zero-order chi connectivity index (χ0) is 17.8. The van der Waals surface area contributed by atoms with Crippen molar-refractivity contribution in [1.82, 2.24) is 15.2 Å². The molecule has 1 fully saturated rings. The summed E-state index contributed by atoms with van der Waals surface area (Å²) in [5, 5.41) is 2.75. The molecule has 1 atom stereocenters. The van der Waals surface area contributed by atoms with Gasteiger partial charge in [0.1, 0.15) is 0 Å². The van der Waals surface area contributed by atoms with E-state index in [4.69, 9.17) is 0 Å². The lowest BCUT2D eigenvalue weighted by Gasteiger charge is -2.24. The number of hydrogen-bond donors (Lipinski definition) is 1. The second-order valence-electron chi connectivity index (χ2n) is 6.34. The molecule has 1 aliphatic heterocycles. The van der Waals surface area contributed by atoms with Crippen LogP contribution in [-0.2, 0) is 17.9 Å². The Bertz CT molecular complexity index is 766. The summed E-state index contributed by atoms with van der Waals surface area (Å²) < 4.78 is 26.5. The zero-order valence-electron chi connectivity index (χ0n) is 14.1. The lowest BCUT2D eigenvalue weighted by atomic mass is 10.1. The Morgan fingerprint density at radius 2 is 2.12 bits per heavy atom. The van der Waals surface area contributed by atoms with Gasteiger partial charge in [-0.1, -0.05) is 12.1 Å². The van der Waals surface area contributed by atoms with E-state index in [9.17, 15) is 13.6 Å². The maximum atomic E-state index is 13.4. The molecule has 2 aromatic rings. The van der Waals surface area contributed by atoms with Crippen molar-refractivity contribution in [2.24, 2.45) is 0 Å². The minimum absolute atomic E-state index is 0.0898. The normalized spacial score (nSPS) is 17.6. The lowest BCUT2D eigenvalue weighted by Crippen LogP contribution is -2.24. The number of nitrogens with one attached hydrogen (secondary N) is 1. The third-order valence-electron chi connectivity index (χ3n) is 4.42. The van der Waals surface area contributed by atoms with E-state index in [0.717, 1.165) is 36.3 Å². The summed E-state index contributed by atoms with van der Waals surface area (Å²) in [6.45, 7) is 3.32. The van der Waals surface area contributed by atoms with Crippen LogP contribution in [0.3, 0.4) is 0 Å². The highest BCUT2D eigenvalue weighted by atomic mass is 19.2. The second kappa shape index (κ2) is 7.70. The highest BCUT2D eigenvalue weighted by molar-refractivity contribution is 5.72. The largest absolute Gasteiger partial charge is 0.351 e. The van der Waals surface area contributed by atoms with Gasteiger partial charge in [0.25, 0.3) is 0 Å². The molecular weight excluding hydrogens is 324 g/mol. The summed E-state index contributed by atoms with van der Waals surface area (Å²) in [5.74, 6) is -1.73. The van der Waals surface area contributed by atoms with E-state index in [1.54, 1.807) is 6.07 Å². The van der Waals surface area contributed by atoms with Gasteiger partial charge in [0, 0.05) is 13.5 Å². The van der Waals surface area contributed by atoms with Crippen LogP contribution < -0.4 is 5.32 Å². The van der Waals surface area contributed by atoms with E-state index in [2.05, 4.69) is 15.2 Å². The monoisotopic (exact) mass is 345 g/mol. The third-order valence-corrected chi connectivity index (χ3v) is 4.42. The van der Waals surface area contributed by atoms with E-state index in [1.165, 1.54) is 19.1 Å².